The van der Waals surface area contributed by atoms with Gasteiger partial charge in [-0.3, -0.25) is 9.59 Å². The van der Waals surface area contributed by atoms with E-state index in [0.29, 0.717) is 19.4 Å². The van der Waals surface area contributed by atoms with E-state index in [1.54, 1.807) is 4.90 Å². The van der Waals surface area contributed by atoms with E-state index in [-0.39, 0.29) is 11.8 Å². The molecule has 1 aliphatic carbocycles. The zero-order valence-electron chi connectivity index (χ0n) is 15.7. The summed E-state index contributed by atoms with van der Waals surface area (Å²) in [6.45, 7) is 6.58. The molecular formula is C22H26N2O2. The number of nitrogens with zero attached hydrogens (tertiary/aromatic N) is 1. The quantitative estimate of drug-likeness (QED) is 0.788. The molecule has 0 aliphatic heterocycles. The van der Waals surface area contributed by atoms with Crippen molar-refractivity contribution in [2.24, 2.45) is 5.41 Å². The number of rotatable bonds is 6. The summed E-state index contributed by atoms with van der Waals surface area (Å²) in [4.78, 5) is 27.7. The molecule has 0 atom stereocenters. The highest BCUT2D eigenvalue weighted by Gasteiger charge is 2.58. The van der Waals surface area contributed by atoms with Gasteiger partial charge in [0.05, 0.1) is 0 Å². The van der Waals surface area contributed by atoms with Crippen LogP contribution in [0.1, 0.15) is 37.8 Å². The molecule has 4 nitrogen and oxygen atoms in total. The van der Waals surface area contributed by atoms with Crippen molar-refractivity contribution in [3.05, 3.63) is 59.7 Å². The fraction of sp³-hybridized carbons (Fsp3) is 0.364. The fourth-order valence-electron chi connectivity index (χ4n) is 3.24. The van der Waals surface area contributed by atoms with Crippen LogP contribution in [-0.2, 0) is 16.0 Å². The van der Waals surface area contributed by atoms with E-state index in [1.807, 2.05) is 62.4 Å². The van der Waals surface area contributed by atoms with Crippen LogP contribution in [0.15, 0.2) is 48.5 Å². The second kappa shape index (κ2) is 7.32. The molecule has 0 saturated heterocycles. The Kier molecular flexibility index (Phi) is 5.12. The van der Waals surface area contributed by atoms with Crippen molar-refractivity contribution < 1.29 is 9.59 Å². The Labute approximate surface area is 155 Å². The molecule has 1 fully saturated rings. The molecule has 2 aromatic rings. The predicted octanol–water partition coefficient (Wildman–Crippen LogP) is 4.33. The first-order valence-electron chi connectivity index (χ1n) is 9.29. The van der Waals surface area contributed by atoms with Crippen LogP contribution in [0.5, 0.6) is 0 Å². The van der Waals surface area contributed by atoms with Crippen LogP contribution in [0.2, 0.25) is 0 Å². The Morgan fingerprint density at radius 1 is 1.08 bits per heavy atom. The molecule has 2 aromatic carbocycles. The molecule has 26 heavy (non-hydrogen) atoms. The molecule has 1 aliphatic rings. The zero-order chi connectivity index (χ0) is 18.7. The molecule has 0 radical (unpaired) electrons. The number of anilines is 2. The number of benzene rings is 2. The van der Waals surface area contributed by atoms with Crippen LogP contribution in [0.3, 0.4) is 0 Å². The van der Waals surface area contributed by atoms with Crippen LogP contribution in [0, 0.1) is 12.3 Å². The lowest BCUT2D eigenvalue weighted by molar-refractivity contribution is -0.132. The van der Waals surface area contributed by atoms with Gasteiger partial charge in [0.2, 0.25) is 11.8 Å². The van der Waals surface area contributed by atoms with Gasteiger partial charge in [0.1, 0.15) is 5.41 Å². The Morgan fingerprint density at radius 3 is 2.31 bits per heavy atom. The lowest BCUT2D eigenvalue weighted by Crippen LogP contribution is -2.43. The van der Waals surface area contributed by atoms with Gasteiger partial charge in [-0.25, -0.2) is 0 Å². The summed E-state index contributed by atoms with van der Waals surface area (Å²) < 4.78 is 0. The normalized spacial score (nSPS) is 14.6. The maximum Gasteiger partial charge on any atom is 0.242 e. The van der Waals surface area contributed by atoms with Gasteiger partial charge in [0, 0.05) is 17.9 Å². The van der Waals surface area contributed by atoms with E-state index >= 15 is 0 Å². The summed E-state index contributed by atoms with van der Waals surface area (Å²) in [6.07, 6.45) is 2.17. The minimum Gasteiger partial charge on any atom is -0.325 e. The topological polar surface area (TPSA) is 49.4 Å². The van der Waals surface area contributed by atoms with Gasteiger partial charge in [-0.15, -0.1) is 0 Å². The van der Waals surface area contributed by atoms with Crippen molar-refractivity contribution in [3.8, 4) is 0 Å². The molecule has 0 unspecified atom stereocenters. The number of aryl methyl sites for hydroxylation is 2. The average Bonchev–Trinajstić information content (AvgIpc) is 3.45. The SMILES string of the molecule is CCc1ccc(NC(=O)C2(C(=O)N(CC)c3cccc(C)c3)CC2)cc1. The highest BCUT2D eigenvalue weighted by atomic mass is 16.2. The Balaban J connectivity index is 1.77. The fourth-order valence-corrected chi connectivity index (χ4v) is 3.24. The molecule has 136 valence electrons. The van der Waals surface area contributed by atoms with E-state index < -0.39 is 5.41 Å². The second-order valence-electron chi connectivity index (χ2n) is 6.98. The van der Waals surface area contributed by atoms with Crippen LogP contribution < -0.4 is 10.2 Å². The number of carbonyl (C=O) groups excluding carboxylic acids is 2. The van der Waals surface area contributed by atoms with Gasteiger partial charge >= 0.3 is 0 Å². The largest absolute Gasteiger partial charge is 0.325 e. The highest BCUT2D eigenvalue weighted by Crippen LogP contribution is 2.48. The second-order valence-corrected chi connectivity index (χ2v) is 6.98. The molecule has 4 heteroatoms. The van der Waals surface area contributed by atoms with E-state index in [4.69, 9.17) is 0 Å². The number of amides is 2. The number of hydrogen-bond donors (Lipinski definition) is 1. The Hall–Kier alpha value is -2.62. The van der Waals surface area contributed by atoms with Crippen molar-refractivity contribution in [3.63, 3.8) is 0 Å². The lowest BCUT2D eigenvalue weighted by Gasteiger charge is -2.26. The lowest BCUT2D eigenvalue weighted by atomic mass is 10.0. The van der Waals surface area contributed by atoms with Gasteiger partial charge in [-0.1, -0.05) is 31.2 Å². The van der Waals surface area contributed by atoms with Crippen molar-refractivity contribution in [2.45, 2.75) is 40.0 Å². The summed E-state index contributed by atoms with van der Waals surface area (Å²) in [7, 11) is 0. The smallest absolute Gasteiger partial charge is 0.242 e. The minimum atomic E-state index is -0.927. The van der Waals surface area contributed by atoms with Crippen molar-refractivity contribution in [2.75, 3.05) is 16.8 Å². The van der Waals surface area contributed by atoms with E-state index in [2.05, 4.69) is 12.2 Å². The summed E-state index contributed by atoms with van der Waals surface area (Å²) >= 11 is 0. The molecule has 3 rings (SSSR count). The monoisotopic (exact) mass is 350 g/mol. The molecule has 1 N–H and O–H groups in total. The predicted molar refractivity (Wildman–Crippen MR) is 105 cm³/mol. The molecule has 2 amide bonds. The summed E-state index contributed by atoms with van der Waals surface area (Å²) in [5.74, 6) is -0.300. The van der Waals surface area contributed by atoms with Crippen molar-refractivity contribution in [1.29, 1.82) is 0 Å². The van der Waals surface area contributed by atoms with E-state index in [9.17, 15) is 9.59 Å². The van der Waals surface area contributed by atoms with Crippen LogP contribution >= 0.6 is 0 Å². The number of hydrogen-bond acceptors (Lipinski definition) is 2. The molecular weight excluding hydrogens is 324 g/mol. The third-order valence-electron chi connectivity index (χ3n) is 5.09. The van der Waals surface area contributed by atoms with Gasteiger partial charge in [-0.2, -0.15) is 0 Å². The first-order chi connectivity index (χ1) is 12.5. The van der Waals surface area contributed by atoms with Crippen molar-refractivity contribution >= 4 is 23.2 Å². The maximum absolute atomic E-state index is 13.2. The van der Waals surface area contributed by atoms with Gasteiger partial charge in [0.15, 0.2) is 0 Å². The zero-order valence-corrected chi connectivity index (χ0v) is 15.7. The molecule has 0 heterocycles. The van der Waals surface area contributed by atoms with Crippen LogP contribution in [-0.4, -0.2) is 18.4 Å². The third-order valence-corrected chi connectivity index (χ3v) is 5.09. The first-order valence-corrected chi connectivity index (χ1v) is 9.29. The maximum atomic E-state index is 13.2. The van der Waals surface area contributed by atoms with Gasteiger partial charge in [-0.05, 0) is 68.5 Å². The first kappa shape index (κ1) is 18.2. The third kappa shape index (κ3) is 3.50. The summed E-state index contributed by atoms with van der Waals surface area (Å²) in [5.41, 5.74) is 2.98. The van der Waals surface area contributed by atoms with Crippen molar-refractivity contribution in [1.82, 2.24) is 0 Å². The average molecular weight is 350 g/mol. The number of carbonyl (C=O) groups is 2. The standard InChI is InChI=1S/C22H26N2O2/c1-4-17-9-11-18(12-10-17)23-20(25)22(13-14-22)21(26)24(5-2)19-8-6-7-16(3)15-19/h6-12,15H,4-5,13-14H2,1-3H3,(H,23,25). The molecule has 0 bridgehead atoms. The highest BCUT2D eigenvalue weighted by molar-refractivity contribution is 6.17. The Bertz CT molecular complexity index is 807. The molecule has 1 saturated carbocycles. The van der Waals surface area contributed by atoms with Crippen LogP contribution in [0.4, 0.5) is 11.4 Å². The van der Waals surface area contributed by atoms with E-state index in [1.165, 1.54) is 5.56 Å². The number of nitrogens with one attached hydrogen (secondary N) is 1. The van der Waals surface area contributed by atoms with E-state index in [0.717, 1.165) is 23.4 Å². The molecule has 0 spiro atoms. The Morgan fingerprint density at radius 2 is 1.77 bits per heavy atom. The summed E-state index contributed by atoms with van der Waals surface area (Å²) in [6, 6.07) is 15.6. The van der Waals surface area contributed by atoms with Gasteiger partial charge < -0.3 is 10.2 Å². The summed E-state index contributed by atoms with van der Waals surface area (Å²) in [5, 5.41) is 2.93. The van der Waals surface area contributed by atoms with Crippen LogP contribution in [0.25, 0.3) is 0 Å². The van der Waals surface area contributed by atoms with Gasteiger partial charge in [0.25, 0.3) is 0 Å². The minimum absolute atomic E-state index is 0.103. The molecule has 0 aromatic heterocycles.